The van der Waals surface area contributed by atoms with Gasteiger partial charge < -0.3 is 19.7 Å². The van der Waals surface area contributed by atoms with Crippen LogP contribution in [0.2, 0.25) is 0 Å². The van der Waals surface area contributed by atoms with Crippen molar-refractivity contribution in [2.75, 3.05) is 33.9 Å². The van der Waals surface area contributed by atoms with Gasteiger partial charge >= 0.3 is 0 Å². The molecule has 6 heteroatoms. The Morgan fingerprint density at radius 1 is 1.03 bits per heavy atom. The maximum absolute atomic E-state index is 12.8. The van der Waals surface area contributed by atoms with Gasteiger partial charge in [0.2, 0.25) is 11.8 Å². The number of nitrogens with zero attached hydrogens (tertiary/aromatic N) is 1. The van der Waals surface area contributed by atoms with Crippen LogP contribution in [0.4, 0.5) is 0 Å². The molecule has 0 aromatic heterocycles. The second kappa shape index (κ2) is 10.8. The van der Waals surface area contributed by atoms with Crippen molar-refractivity contribution in [1.82, 2.24) is 10.2 Å². The molecule has 0 radical (unpaired) electrons. The predicted molar refractivity (Wildman–Crippen MR) is 115 cm³/mol. The molecule has 1 fully saturated rings. The molecule has 0 spiro atoms. The second-order valence-corrected chi connectivity index (χ2v) is 7.57. The number of carbonyl (C=O) groups excluding carboxylic acids is 2. The third-order valence-corrected chi connectivity index (χ3v) is 5.60. The molecule has 30 heavy (non-hydrogen) atoms. The molecule has 1 saturated heterocycles. The minimum Gasteiger partial charge on any atom is -0.497 e. The van der Waals surface area contributed by atoms with Crippen molar-refractivity contribution in [3.8, 4) is 5.75 Å². The number of piperidine rings is 1. The van der Waals surface area contributed by atoms with Crippen LogP contribution in [0.15, 0.2) is 54.6 Å². The van der Waals surface area contributed by atoms with Gasteiger partial charge in [0.15, 0.2) is 0 Å². The molecule has 1 N–H and O–H groups in total. The Labute approximate surface area is 178 Å². The van der Waals surface area contributed by atoms with Crippen molar-refractivity contribution in [2.45, 2.75) is 25.3 Å². The molecule has 1 heterocycles. The van der Waals surface area contributed by atoms with Gasteiger partial charge in [-0.05, 0) is 42.5 Å². The quantitative estimate of drug-likeness (QED) is 0.727. The summed E-state index contributed by atoms with van der Waals surface area (Å²) in [6.07, 6.45) is 2.27. The van der Waals surface area contributed by atoms with E-state index in [9.17, 15) is 9.59 Å². The number of methoxy groups -OCH3 is 2. The van der Waals surface area contributed by atoms with Crippen molar-refractivity contribution >= 4 is 11.8 Å². The molecule has 6 nitrogen and oxygen atoms in total. The molecule has 2 amide bonds. The van der Waals surface area contributed by atoms with E-state index >= 15 is 0 Å². The van der Waals surface area contributed by atoms with Gasteiger partial charge in [-0.3, -0.25) is 9.59 Å². The lowest BCUT2D eigenvalue weighted by Gasteiger charge is -2.39. The van der Waals surface area contributed by atoms with E-state index in [1.54, 1.807) is 12.0 Å². The van der Waals surface area contributed by atoms with Crippen LogP contribution in [0, 0.1) is 5.92 Å². The molecular formula is C24H30N2O4. The molecule has 1 aliphatic heterocycles. The Morgan fingerprint density at radius 3 is 2.43 bits per heavy atom. The number of likely N-dealkylation sites (tertiary alicyclic amines) is 1. The molecule has 0 saturated carbocycles. The summed E-state index contributed by atoms with van der Waals surface area (Å²) in [5.41, 5.74) is 2.24. The van der Waals surface area contributed by atoms with Gasteiger partial charge in [0.05, 0.1) is 19.1 Å². The molecule has 2 unspecified atom stereocenters. The first kappa shape index (κ1) is 21.8. The molecular weight excluding hydrogens is 380 g/mol. The van der Waals surface area contributed by atoms with Crippen molar-refractivity contribution in [2.24, 2.45) is 5.92 Å². The monoisotopic (exact) mass is 410 g/mol. The smallest absolute Gasteiger partial charge is 0.249 e. The predicted octanol–water partition coefficient (Wildman–Crippen LogP) is 2.98. The summed E-state index contributed by atoms with van der Waals surface area (Å²) in [5.74, 6) is 0.535. The number of ether oxygens (including phenoxy) is 2. The molecule has 2 aromatic carbocycles. The summed E-state index contributed by atoms with van der Waals surface area (Å²) in [4.78, 5) is 27.2. The minimum absolute atomic E-state index is 0.00485. The van der Waals surface area contributed by atoms with Crippen molar-refractivity contribution in [3.63, 3.8) is 0 Å². The average molecular weight is 411 g/mol. The summed E-state index contributed by atoms with van der Waals surface area (Å²) in [6.45, 7) is 1.00. The van der Waals surface area contributed by atoms with Crippen LogP contribution in [-0.4, -0.2) is 50.6 Å². The van der Waals surface area contributed by atoms with Gasteiger partial charge in [-0.15, -0.1) is 0 Å². The van der Waals surface area contributed by atoms with Crippen LogP contribution in [0.1, 0.15) is 30.0 Å². The summed E-state index contributed by atoms with van der Waals surface area (Å²) in [5, 5.41) is 3.04. The van der Waals surface area contributed by atoms with Gasteiger partial charge in [-0.2, -0.15) is 0 Å². The Bertz CT molecular complexity index is 823. The maximum atomic E-state index is 12.8. The zero-order valence-corrected chi connectivity index (χ0v) is 17.7. The van der Waals surface area contributed by atoms with Crippen molar-refractivity contribution in [1.29, 1.82) is 0 Å². The Kier molecular flexibility index (Phi) is 7.85. The minimum atomic E-state index is -0.207. The lowest BCUT2D eigenvalue weighted by Crippen LogP contribution is -2.48. The lowest BCUT2D eigenvalue weighted by atomic mass is 9.88. The number of hydrogen-bond acceptors (Lipinski definition) is 4. The molecule has 0 aliphatic carbocycles. The fraction of sp³-hybridized carbons (Fsp3) is 0.417. The van der Waals surface area contributed by atoms with Crippen LogP contribution < -0.4 is 10.1 Å². The zero-order chi connectivity index (χ0) is 21.3. The van der Waals surface area contributed by atoms with Gasteiger partial charge in [-0.25, -0.2) is 0 Å². The van der Waals surface area contributed by atoms with E-state index in [-0.39, 0.29) is 30.4 Å². The average Bonchev–Trinajstić information content (AvgIpc) is 2.80. The maximum Gasteiger partial charge on any atom is 0.249 e. The normalized spacial score (nSPS) is 18.7. The van der Waals surface area contributed by atoms with Gasteiger partial charge in [0.1, 0.15) is 12.4 Å². The van der Waals surface area contributed by atoms with E-state index in [1.807, 2.05) is 54.6 Å². The molecule has 1 aliphatic rings. The van der Waals surface area contributed by atoms with E-state index in [4.69, 9.17) is 9.47 Å². The molecule has 3 rings (SSSR count). The Morgan fingerprint density at radius 2 is 1.77 bits per heavy atom. The molecule has 2 atom stereocenters. The first-order chi connectivity index (χ1) is 14.6. The topological polar surface area (TPSA) is 67.9 Å². The number of hydrogen-bond donors (Lipinski definition) is 1. The highest BCUT2D eigenvalue weighted by atomic mass is 16.5. The van der Waals surface area contributed by atoms with E-state index in [0.29, 0.717) is 13.1 Å². The van der Waals surface area contributed by atoms with E-state index < -0.39 is 0 Å². The molecule has 2 aromatic rings. The SMILES string of the molecule is COCC(=O)N1CC(C(=O)NCCc2ccc(OC)cc2)CCC1c1ccccc1. The van der Waals surface area contributed by atoms with E-state index in [0.717, 1.165) is 36.1 Å². The van der Waals surface area contributed by atoms with Crippen LogP contribution in [-0.2, 0) is 20.7 Å². The Balaban J connectivity index is 1.57. The summed E-state index contributed by atoms with van der Waals surface area (Å²) in [7, 11) is 3.16. The first-order valence-corrected chi connectivity index (χ1v) is 10.4. The first-order valence-electron chi connectivity index (χ1n) is 10.4. The van der Waals surface area contributed by atoms with Crippen LogP contribution in [0.3, 0.4) is 0 Å². The number of rotatable bonds is 8. The second-order valence-electron chi connectivity index (χ2n) is 7.57. The highest BCUT2D eigenvalue weighted by molar-refractivity contribution is 5.82. The fourth-order valence-electron chi connectivity index (χ4n) is 3.96. The highest BCUT2D eigenvalue weighted by Crippen LogP contribution is 2.33. The Hall–Kier alpha value is -2.86. The van der Waals surface area contributed by atoms with E-state index in [1.165, 1.54) is 7.11 Å². The third kappa shape index (κ3) is 5.60. The summed E-state index contributed by atoms with van der Waals surface area (Å²) in [6, 6.07) is 17.8. The van der Waals surface area contributed by atoms with Crippen LogP contribution >= 0.6 is 0 Å². The fourth-order valence-corrected chi connectivity index (χ4v) is 3.96. The standard InChI is InChI=1S/C24H30N2O4/c1-29-17-23(27)26-16-20(10-13-22(26)19-6-4-3-5-7-19)24(28)25-15-14-18-8-11-21(30-2)12-9-18/h3-9,11-12,20,22H,10,13-17H2,1-2H3,(H,25,28). The summed E-state index contributed by atoms with van der Waals surface area (Å²) >= 11 is 0. The highest BCUT2D eigenvalue weighted by Gasteiger charge is 2.35. The van der Waals surface area contributed by atoms with Crippen LogP contribution in [0.5, 0.6) is 5.75 Å². The van der Waals surface area contributed by atoms with Gasteiger partial charge in [-0.1, -0.05) is 42.5 Å². The summed E-state index contributed by atoms with van der Waals surface area (Å²) < 4.78 is 10.2. The van der Waals surface area contributed by atoms with Crippen molar-refractivity contribution in [3.05, 3.63) is 65.7 Å². The lowest BCUT2D eigenvalue weighted by molar-refractivity contribution is -0.142. The van der Waals surface area contributed by atoms with Gasteiger partial charge in [0, 0.05) is 20.2 Å². The number of benzene rings is 2. The molecule has 160 valence electrons. The van der Waals surface area contributed by atoms with Crippen molar-refractivity contribution < 1.29 is 19.1 Å². The van der Waals surface area contributed by atoms with Crippen LogP contribution in [0.25, 0.3) is 0 Å². The van der Waals surface area contributed by atoms with E-state index in [2.05, 4.69) is 5.32 Å². The largest absolute Gasteiger partial charge is 0.497 e. The molecule has 0 bridgehead atoms. The number of nitrogens with one attached hydrogen (secondary N) is 1. The third-order valence-electron chi connectivity index (χ3n) is 5.60. The number of carbonyl (C=O) groups is 2. The zero-order valence-electron chi connectivity index (χ0n) is 17.7. The number of amides is 2. The van der Waals surface area contributed by atoms with Gasteiger partial charge in [0.25, 0.3) is 0 Å².